The first-order chi connectivity index (χ1) is 9.43. The van der Waals surface area contributed by atoms with Crippen molar-refractivity contribution in [3.63, 3.8) is 0 Å². The van der Waals surface area contributed by atoms with Gasteiger partial charge in [-0.25, -0.2) is 4.39 Å². The summed E-state index contributed by atoms with van der Waals surface area (Å²) in [6, 6.07) is 5.31. The third-order valence-corrected chi connectivity index (χ3v) is 4.82. The number of hydrogen-bond donors (Lipinski definition) is 1. The molecule has 0 amide bonds. The fourth-order valence-electron chi connectivity index (χ4n) is 3.63. The summed E-state index contributed by atoms with van der Waals surface area (Å²) in [5, 5.41) is 3.50. The largest absolute Gasteiger partial charge is 0.317 e. The third kappa shape index (κ3) is 3.60. The van der Waals surface area contributed by atoms with E-state index < -0.39 is 0 Å². The highest BCUT2D eigenvalue weighted by molar-refractivity contribution is 5.31. The second-order valence-corrected chi connectivity index (χ2v) is 7.08. The molecule has 0 aromatic heterocycles. The SMILES string of the molecule is CCNCC1CCC(C)(C)CC1c1ccc(F)cc1C. The lowest BCUT2D eigenvalue weighted by Gasteiger charge is -2.42. The van der Waals surface area contributed by atoms with Gasteiger partial charge in [0, 0.05) is 0 Å². The molecule has 1 aliphatic rings. The predicted octanol–water partition coefficient (Wildman–Crippen LogP) is 4.65. The molecule has 1 saturated carbocycles. The van der Waals surface area contributed by atoms with E-state index in [4.69, 9.17) is 0 Å². The molecule has 0 radical (unpaired) electrons. The number of aryl methyl sites for hydroxylation is 1. The molecular weight excluding hydrogens is 249 g/mol. The Morgan fingerprint density at radius 3 is 2.75 bits per heavy atom. The number of benzene rings is 1. The number of nitrogens with one attached hydrogen (secondary N) is 1. The minimum atomic E-state index is -0.121. The van der Waals surface area contributed by atoms with E-state index in [1.807, 2.05) is 13.0 Å². The second kappa shape index (κ2) is 6.26. The normalized spacial score (nSPS) is 25.6. The van der Waals surface area contributed by atoms with Crippen molar-refractivity contribution < 1.29 is 4.39 Å². The van der Waals surface area contributed by atoms with E-state index in [1.54, 1.807) is 12.1 Å². The zero-order valence-electron chi connectivity index (χ0n) is 13.3. The van der Waals surface area contributed by atoms with Crippen molar-refractivity contribution in [3.8, 4) is 0 Å². The molecule has 20 heavy (non-hydrogen) atoms. The molecular formula is C18H28FN. The van der Waals surface area contributed by atoms with Gasteiger partial charge in [-0.2, -0.15) is 0 Å². The Morgan fingerprint density at radius 2 is 2.10 bits per heavy atom. The molecule has 2 heteroatoms. The summed E-state index contributed by atoms with van der Waals surface area (Å²) in [5.74, 6) is 1.11. The maximum absolute atomic E-state index is 13.4. The molecule has 112 valence electrons. The summed E-state index contributed by atoms with van der Waals surface area (Å²) in [5.41, 5.74) is 2.85. The van der Waals surface area contributed by atoms with Crippen LogP contribution in [0.2, 0.25) is 0 Å². The van der Waals surface area contributed by atoms with Gasteiger partial charge in [-0.15, -0.1) is 0 Å². The summed E-state index contributed by atoms with van der Waals surface area (Å²) < 4.78 is 13.4. The fraction of sp³-hybridized carbons (Fsp3) is 0.667. The number of hydrogen-bond acceptors (Lipinski definition) is 1. The molecule has 0 aliphatic heterocycles. The van der Waals surface area contributed by atoms with Crippen LogP contribution in [0, 0.1) is 24.1 Å². The van der Waals surface area contributed by atoms with E-state index in [0.717, 1.165) is 18.7 Å². The van der Waals surface area contributed by atoms with Crippen molar-refractivity contribution in [2.45, 2.75) is 52.9 Å². The molecule has 2 rings (SSSR count). The lowest BCUT2D eigenvalue weighted by atomic mass is 9.64. The van der Waals surface area contributed by atoms with Crippen LogP contribution in [0.25, 0.3) is 0 Å². The molecule has 1 N–H and O–H groups in total. The number of halogens is 1. The Labute approximate surface area is 123 Å². The molecule has 0 spiro atoms. The average Bonchev–Trinajstić information content (AvgIpc) is 2.37. The monoisotopic (exact) mass is 277 g/mol. The van der Waals surface area contributed by atoms with E-state index in [-0.39, 0.29) is 5.82 Å². The standard InChI is InChI=1S/C18H28FN/c1-5-20-12-14-8-9-18(3,4)11-17(14)16-7-6-15(19)10-13(16)2/h6-7,10,14,17,20H,5,8-9,11-12H2,1-4H3. The topological polar surface area (TPSA) is 12.0 Å². The zero-order chi connectivity index (χ0) is 14.8. The maximum atomic E-state index is 13.4. The van der Waals surface area contributed by atoms with Crippen molar-refractivity contribution in [1.29, 1.82) is 0 Å². The Balaban J connectivity index is 2.26. The van der Waals surface area contributed by atoms with Gasteiger partial charge in [-0.3, -0.25) is 0 Å². The second-order valence-electron chi connectivity index (χ2n) is 7.08. The smallest absolute Gasteiger partial charge is 0.123 e. The highest BCUT2D eigenvalue weighted by Gasteiger charge is 2.35. The summed E-state index contributed by atoms with van der Waals surface area (Å²) in [7, 11) is 0. The van der Waals surface area contributed by atoms with E-state index in [9.17, 15) is 4.39 Å². The van der Waals surface area contributed by atoms with Gasteiger partial charge in [0.25, 0.3) is 0 Å². The van der Waals surface area contributed by atoms with Gasteiger partial charge >= 0.3 is 0 Å². The van der Waals surface area contributed by atoms with Crippen LogP contribution >= 0.6 is 0 Å². The lowest BCUT2D eigenvalue weighted by molar-refractivity contribution is 0.160. The van der Waals surface area contributed by atoms with Crippen LogP contribution in [0.4, 0.5) is 4.39 Å². The fourth-order valence-corrected chi connectivity index (χ4v) is 3.63. The molecule has 1 aromatic rings. The van der Waals surface area contributed by atoms with Crippen molar-refractivity contribution in [2.24, 2.45) is 11.3 Å². The molecule has 1 nitrogen and oxygen atoms in total. The van der Waals surface area contributed by atoms with Gasteiger partial charge < -0.3 is 5.32 Å². The van der Waals surface area contributed by atoms with E-state index in [2.05, 4.69) is 26.1 Å². The minimum Gasteiger partial charge on any atom is -0.317 e. The van der Waals surface area contributed by atoms with Gasteiger partial charge in [0.05, 0.1) is 0 Å². The Morgan fingerprint density at radius 1 is 1.35 bits per heavy atom. The number of rotatable bonds is 4. The molecule has 2 unspecified atom stereocenters. The van der Waals surface area contributed by atoms with Crippen LogP contribution in [0.3, 0.4) is 0 Å². The highest BCUT2D eigenvalue weighted by Crippen LogP contribution is 2.47. The van der Waals surface area contributed by atoms with E-state index >= 15 is 0 Å². The minimum absolute atomic E-state index is 0.121. The van der Waals surface area contributed by atoms with Gasteiger partial charge in [-0.1, -0.05) is 26.8 Å². The lowest BCUT2D eigenvalue weighted by Crippen LogP contribution is -2.35. The first-order valence-electron chi connectivity index (χ1n) is 7.90. The average molecular weight is 277 g/mol. The van der Waals surface area contributed by atoms with Crippen LogP contribution in [-0.2, 0) is 0 Å². The van der Waals surface area contributed by atoms with Gasteiger partial charge in [0.15, 0.2) is 0 Å². The Hall–Kier alpha value is -0.890. The van der Waals surface area contributed by atoms with Gasteiger partial charge in [0.1, 0.15) is 5.82 Å². The molecule has 0 bridgehead atoms. The van der Waals surface area contributed by atoms with E-state index in [0.29, 0.717) is 17.3 Å². The summed E-state index contributed by atoms with van der Waals surface area (Å²) in [6.07, 6.45) is 3.76. The summed E-state index contributed by atoms with van der Waals surface area (Å²) >= 11 is 0. The van der Waals surface area contributed by atoms with Gasteiger partial charge in [-0.05, 0) is 79.8 Å². The predicted molar refractivity (Wildman–Crippen MR) is 83.5 cm³/mol. The molecule has 2 atom stereocenters. The third-order valence-electron chi connectivity index (χ3n) is 4.82. The van der Waals surface area contributed by atoms with Crippen molar-refractivity contribution >= 4 is 0 Å². The van der Waals surface area contributed by atoms with Crippen LogP contribution in [-0.4, -0.2) is 13.1 Å². The first kappa shape index (κ1) is 15.5. The van der Waals surface area contributed by atoms with E-state index in [1.165, 1.54) is 24.8 Å². The summed E-state index contributed by atoms with van der Waals surface area (Å²) in [4.78, 5) is 0. The van der Waals surface area contributed by atoms with Crippen LogP contribution < -0.4 is 5.32 Å². The first-order valence-corrected chi connectivity index (χ1v) is 7.90. The zero-order valence-corrected chi connectivity index (χ0v) is 13.3. The Kier molecular flexibility index (Phi) is 4.85. The quantitative estimate of drug-likeness (QED) is 0.844. The summed E-state index contributed by atoms with van der Waals surface area (Å²) in [6.45, 7) is 11.0. The van der Waals surface area contributed by atoms with Crippen molar-refractivity contribution in [2.75, 3.05) is 13.1 Å². The molecule has 1 aromatic carbocycles. The van der Waals surface area contributed by atoms with Crippen LogP contribution in [0.1, 0.15) is 57.1 Å². The molecule has 0 saturated heterocycles. The van der Waals surface area contributed by atoms with Crippen molar-refractivity contribution in [3.05, 3.63) is 35.1 Å². The Bertz CT molecular complexity index is 453. The van der Waals surface area contributed by atoms with Gasteiger partial charge in [0.2, 0.25) is 0 Å². The molecule has 1 aliphatic carbocycles. The highest BCUT2D eigenvalue weighted by atomic mass is 19.1. The molecule has 1 fully saturated rings. The van der Waals surface area contributed by atoms with Crippen LogP contribution in [0.15, 0.2) is 18.2 Å². The van der Waals surface area contributed by atoms with Crippen LogP contribution in [0.5, 0.6) is 0 Å². The van der Waals surface area contributed by atoms with Crippen molar-refractivity contribution in [1.82, 2.24) is 5.32 Å². The maximum Gasteiger partial charge on any atom is 0.123 e. The molecule has 0 heterocycles.